The molecular formula is C18H28BNO4. The van der Waals surface area contributed by atoms with E-state index in [1.807, 2.05) is 0 Å². The highest BCUT2D eigenvalue weighted by Crippen LogP contribution is 2.36. The number of rotatable bonds is 4. The quantitative estimate of drug-likeness (QED) is 0.787. The van der Waals surface area contributed by atoms with Crippen molar-refractivity contribution in [2.24, 2.45) is 0 Å². The van der Waals surface area contributed by atoms with Gasteiger partial charge in [-0.1, -0.05) is 12.1 Å². The third kappa shape index (κ3) is 3.47. The van der Waals surface area contributed by atoms with Gasteiger partial charge in [-0.15, -0.1) is 0 Å². The van der Waals surface area contributed by atoms with Gasteiger partial charge in [0.05, 0.1) is 30.5 Å². The van der Waals surface area contributed by atoms with Crippen LogP contribution in [0.3, 0.4) is 0 Å². The van der Waals surface area contributed by atoms with Gasteiger partial charge in [0.1, 0.15) is 0 Å². The number of anilines is 1. The van der Waals surface area contributed by atoms with Gasteiger partial charge < -0.3 is 23.7 Å². The molecule has 5 nitrogen and oxygen atoms in total. The second-order valence-corrected chi connectivity index (χ2v) is 7.57. The fourth-order valence-corrected chi connectivity index (χ4v) is 3.06. The molecule has 0 aliphatic carbocycles. The average Bonchev–Trinajstić information content (AvgIpc) is 2.76. The summed E-state index contributed by atoms with van der Waals surface area (Å²) in [6, 6.07) is 8.46. The molecule has 0 unspecified atom stereocenters. The first-order chi connectivity index (χ1) is 11.3. The minimum Gasteiger partial charge on any atom is -0.399 e. The molecule has 0 N–H and O–H groups in total. The Morgan fingerprint density at radius 1 is 1.12 bits per heavy atom. The number of hydrogen-bond donors (Lipinski definition) is 0. The molecule has 1 aromatic carbocycles. The molecule has 0 saturated carbocycles. The van der Waals surface area contributed by atoms with Crippen LogP contribution < -0.4 is 10.4 Å². The van der Waals surface area contributed by atoms with Crippen LogP contribution in [0.2, 0.25) is 0 Å². The molecular weight excluding hydrogens is 305 g/mol. The average molecular weight is 333 g/mol. The molecule has 0 bridgehead atoms. The molecule has 1 aromatic rings. The Hall–Kier alpha value is -1.08. The summed E-state index contributed by atoms with van der Waals surface area (Å²) >= 11 is 0. The van der Waals surface area contributed by atoms with E-state index in [1.165, 1.54) is 5.69 Å². The van der Waals surface area contributed by atoms with Crippen LogP contribution in [0.1, 0.15) is 27.7 Å². The van der Waals surface area contributed by atoms with Gasteiger partial charge >= 0.3 is 7.12 Å². The van der Waals surface area contributed by atoms with Gasteiger partial charge in [-0.2, -0.15) is 0 Å². The first-order valence-electron chi connectivity index (χ1n) is 8.63. The smallest absolute Gasteiger partial charge is 0.399 e. The van der Waals surface area contributed by atoms with Crippen LogP contribution in [-0.2, 0) is 18.8 Å². The predicted molar refractivity (Wildman–Crippen MR) is 96.0 cm³/mol. The molecule has 6 heteroatoms. The minimum atomic E-state index is -0.312. The number of methoxy groups -OCH3 is 1. The van der Waals surface area contributed by atoms with Crippen LogP contribution in [-0.4, -0.2) is 57.8 Å². The Bertz CT molecular complexity index is 543. The Kier molecular flexibility index (Phi) is 4.93. The van der Waals surface area contributed by atoms with E-state index >= 15 is 0 Å². The van der Waals surface area contributed by atoms with Crippen LogP contribution in [0.25, 0.3) is 0 Å². The van der Waals surface area contributed by atoms with Gasteiger partial charge in [-0.3, -0.25) is 0 Å². The molecule has 0 radical (unpaired) electrons. The van der Waals surface area contributed by atoms with E-state index < -0.39 is 0 Å². The van der Waals surface area contributed by atoms with Gasteiger partial charge in [-0.25, -0.2) is 0 Å². The lowest BCUT2D eigenvalue weighted by Gasteiger charge is -2.34. The Morgan fingerprint density at radius 3 is 2.33 bits per heavy atom. The zero-order valence-electron chi connectivity index (χ0n) is 15.4. The van der Waals surface area contributed by atoms with Gasteiger partial charge in [-0.05, 0) is 45.3 Å². The van der Waals surface area contributed by atoms with Crippen molar-refractivity contribution in [3.63, 3.8) is 0 Å². The van der Waals surface area contributed by atoms with Crippen molar-refractivity contribution < 1.29 is 18.8 Å². The van der Waals surface area contributed by atoms with E-state index in [-0.39, 0.29) is 24.4 Å². The van der Waals surface area contributed by atoms with E-state index in [4.69, 9.17) is 18.8 Å². The number of morpholine rings is 1. The van der Waals surface area contributed by atoms with Crippen molar-refractivity contribution in [2.45, 2.75) is 45.0 Å². The van der Waals surface area contributed by atoms with Crippen LogP contribution in [0.5, 0.6) is 0 Å². The van der Waals surface area contributed by atoms with Crippen LogP contribution in [0.15, 0.2) is 24.3 Å². The van der Waals surface area contributed by atoms with E-state index in [0.717, 1.165) is 25.2 Å². The van der Waals surface area contributed by atoms with Crippen molar-refractivity contribution >= 4 is 18.3 Å². The minimum absolute atomic E-state index is 0.131. The highest BCUT2D eigenvalue weighted by atomic mass is 16.7. The topological polar surface area (TPSA) is 40.2 Å². The molecule has 1 atom stereocenters. The lowest BCUT2D eigenvalue weighted by Crippen LogP contribution is -2.44. The highest BCUT2D eigenvalue weighted by molar-refractivity contribution is 6.62. The third-order valence-corrected chi connectivity index (χ3v) is 5.27. The zero-order chi connectivity index (χ0) is 17.4. The first-order valence-corrected chi connectivity index (χ1v) is 8.63. The fourth-order valence-electron chi connectivity index (χ4n) is 3.06. The number of nitrogens with zero attached hydrogens (tertiary/aromatic N) is 1. The summed E-state index contributed by atoms with van der Waals surface area (Å²) < 4.78 is 23.1. The van der Waals surface area contributed by atoms with Gasteiger partial charge in [0.15, 0.2) is 0 Å². The molecule has 2 fully saturated rings. The largest absolute Gasteiger partial charge is 0.494 e. The summed E-state index contributed by atoms with van der Waals surface area (Å²) in [4.78, 5) is 2.33. The lowest BCUT2D eigenvalue weighted by atomic mass is 9.79. The highest BCUT2D eigenvalue weighted by Gasteiger charge is 2.51. The number of hydrogen-bond acceptors (Lipinski definition) is 5. The van der Waals surface area contributed by atoms with Gasteiger partial charge in [0.2, 0.25) is 0 Å². The maximum absolute atomic E-state index is 6.11. The second-order valence-electron chi connectivity index (χ2n) is 7.57. The summed E-state index contributed by atoms with van der Waals surface area (Å²) in [6.45, 7) is 11.4. The fraction of sp³-hybridized carbons (Fsp3) is 0.667. The second kappa shape index (κ2) is 6.67. The van der Waals surface area contributed by atoms with Gasteiger partial charge in [0.25, 0.3) is 0 Å². The summed E-state index contributed by atoms with van der Waals surface area (Å²) in [5, 5.41) is 0. The standard InChI is InChI=1S/C18H28BNO4/c1-17(2)18(3,4)24-19(23-17)14-6-8-15(9-7-14)20-10-11-22-16(12-20)13-21-5/h6-9,16H,10-13H2,1-5H3/t16-/m1/s1. The maximum atomic E-state index is 6.11. The summed E-state index contributed by atoms with van der Waals surface area (Å²) in [5.74, 6) is 0. The summed E-state index contributed by atoms with van der Waals surface area (Å²) in [5.41, 5.74) is 1.63. The van der Waals surface area contributed by atoms with Crippen molar-refractivity contribution in [3.8, 4) is 0 Å². The van der Waals surface area contributed by atoms with Gasteiger partial charge in [0, 0.05) is 25.9 Å². The number of ether oxygens (including phenoxy) is 2. The molecule has 132 valence electrons. The zero-order valence-corrected chi connectivity index (χ0v) is 15.4. The first kappa shape index (κ1) is 17.7. The molecule has 3 rings (SSSR count). The Balaban J connectivity index is 1.68. The molecule has 2 heterocycles. The normalized spacial score (nSPS) is 26.0. The summed E-state index contributed by atoms with van der Waals surface area (Å²) in [6.07, 6.45) is 0.131. The summed E-state index contributed by atoms with van der Waals surface area (Å²) in [7, 11) is 1.40. The van der Waals surface area contributed by atoms with Crippen LogP contribution in [0.4, 0.5) is 5.69 Å². The number of benzene rings is 1. The van der Waals surface area contributed by atoms with E-state index in [1.54, 1.807) is 7.11 Å². The molecule has 2 aliphatic rings. The lowest BCUT2D eigenvalue weighted by molar-refractivity contribution is -0.0100. The molecule has 24 heavy (non-hydrogen) atoms. The Labute approximate surface area is 145 Å². The Morgan fingerprint density at radius 2 is 1.75 bits per heavy atom. The van der Waals surface area contributed by atoms with Crippen molar-refractivity contribution in [1.82, 2.24) is 0 Å². The van der Waals surface area contributed by atoms with Crippen LogP contribution in [0, 0.1) is 0 Å². The maximum Gasteiger partial charge on any atom is 0.494 e. The van der Waals surface area contributed by atoms with Crippen molar-refractivity contribution in [1.29, 1.82) is 0 Å². The van der Waals surface area contributed by atoms with E-state index in [2.05, 4.69) is 56.9 Å². The van der Waals surface area contributed by atoms with E-state index in [0.29, 0.717) is 6.61 Å². The van der Waals surface area contributed by atoms with Crippen LogP contribution >= 0.6 is 0 Å². The third-order valence-electron chi connectivity index (χ3n) is 5.27. The molecule has 2 saturated heterocycles. The SMILES string of the molecule is COC[C@H]1CN(c2ccc(B3OC(C)(C)C(C)(C)O3)cc2)CCO1. The monoisotopic (exact) mass is 333 g/mol. The van der Waals surface area contributed by atoms with Crippen molar-refractivity contribution in [3.05, 3.63) is 24.3 Å². The predicted octanol–water partition coefficient (Wildman–Crippen LogP) is 1.84. The molecule has 0 aromatic heterocycles. The molecule has 2 aliphatic heterocycles. The molecule has 0 spiro atoms. The molecule has 0 amide bonds. The van der Waals surface area contributed by atoms with Crippen molar-refractivity contribution in [2.75, 3.05) is 38.3 Å². The van der Waals surface area contributed by atoms with E-state index in [9.17, 15) is 0 Å².